The summed E-state index contributed by atoms with van der Waals surface area (Å²) in [5, 5.41) is 12.5. The minimum absolute atomic E-state index is 0.785. The molecule has 2 aromatic heterocycles. The molecule has 6 nitrogen and oxygen atoms in total. The van der Waals surface area contributed by atoms with Gasteiger partial charge in [-0.3, -0.25) is 9.58 Å². The molecule has 0 atom stereocenters. The molecule has 0 amide bonds. The van der Waals surface area contributed by atoms with Crippen LogP contribution < -0.4 is 0 Å². The largest absolute Gasteiger partial charge is 0.317 e. The highest BCUT2D eigenvalue weighted by molar-refractivity contribution is 4.99. The van der Waals surface area contributed by atoms with Crippen molar-refractivity contribution >= 4 is 0 Å². The second-order valence-corrected chi connectivity index (χ2v) is 4.37. The molecule has 0 radical (unpaired) electrons. The van der Waals surface area contributed by atoms with Gasteiger partial charge in [-0.1, -0.05) is 0 Å². The molecule has 0 saturated carbocycles. The molecular weight excluding hydrogens is 228 g/mol. The van der Waals surface area contributed by atoms with E-state index in [0.717, 1.165) is 37.7 Å². The van der Waals surface area contributed by atoms with Crippen molar-refractivity contribution in [1.29, 1.82) is 0 Å². The van der Waals surface area contributed by atoms with E-state index in [9.17, 15) is 0 Å². The minimum atomic E-state index is 0.785. The van der Waals surface area contributed by atoms with E-state index < -0.39 is 0 Å². The van der Waals surface area contributed by atoms with Gasteiger partial charge >= 0.3 is 0 Å². The SMILES string of the molecule is CCn1ccc(CN(C)Cc2nncn2CC)n1. The van der Waals surface area contributed by atoms with Crippen LogP contribution in [0.3, 0.4) is 0 Å². The molecule has 0 aromatic carbocycles. The normalized spacial score (nSPS) is 11.3. The summed E-state index contributed by atoms with van der Waals surface area (Å²) in [6.07, 6.45) is 3.78. The molecule has 18 heavy (non-hydrogen) atoms. The molecule has 2 aromatic rings. The van der Waals surface area contributed by atoms with Crippen LogP contribution in [0.1, 0.15) is 25.4 Å². The lowest BCUT2D eigenvalue weighted by Gasteiger charge is -2.14. The van der Waals surface area contributed by atoms with Crippen LogP contribution in [0, 0.1) is 0 Å². The van der Waals surface area contributed by atoms with Gasteiger partial charge in [-0.15, -0.1) is 10.2 Å². The first-order chi connectivity index (χ1) is 8.72. The van der Waals surface area contributed by atoms with E-state index in [1.807, 2.05) is 10.9 Å². The quantitative estimate of drug-likeness (QED) is 0.769. The molecule has 0 saturated heterocycles. The zero-order chi connectivity index (χ0) is 13.0. The molecule has 0 aliphatic carbocycles. The predicted molar refractivity (Wildman–Crippen MR) is 68.8 cm³/mol. The van der Waals surface area contributed by atoms with Gasteiger partial charge in [-0.25, -0.2) is 0 Å². The van der Waals surface area contributed by atoms with E-state index in [1.54, 1.807) is 6.33 Å². The van der Waals surface area contributed by atoms with Gasteiger partial charge in [0.15, 0.2) is 0 Å². The van der Waals surface area contributed by atoms with Crippen molar-refractivity contribution in [2.75, 3.05) is 7.05 Å². The standard InChI is InChI=1S/C12H20N6/c1-4-17-10-13-14-12(17)9-16(3)8-11-6-7-18(5-2)15-11/h6-7,10H,4-5,8-9H2,1-3H3. The van der Waals surface area contributed by atoms with E-state index in [2.05, 4.69) is 51.7 Å². The summed E-state index contributed by atoms with van der Waals surface area (Å²) in [6.45, 7) is 7.60. The second kappa shape index (κ2) is 5.77. The van der Waals surface area contributed by atoms with Gasteiger partial charge < -0.3 is 4.57 Å². The lowest BCUT2D eigenvalue weighted by Crippen LogP contribution is -2.20. The van der Waals surface area contributed by atoms with Crippen molar-refractivity contribution in [2.24, 2.45) is 0 Å². The number of nitrogens with zero attached hydrogens (tertiary/aromatic N) is 6. The van der Waals surface area contributed by atoms with Gasteiger partial charge in [0.25, 0.3) is 0 Å². The molecule has 0 bridgehead atoms. The topological polar surface area (TPSA) is 51.8 Å². The van der Waals surface area contributed by atoms with E-state index in [1.165, 1.54) is 0 Å². The van der Waals surface area contributed by atoms with Crippen LogP contribution in [-0.4, -0.2) is 36.5 Å². The Morgan fingerprint density at radius 1 is 1.22 bits per heavy atom. The van der Waals surface area contributed by atoms with Crippen LogP contribution in [0.4, 0.5) is 0 Å². The minimum Gasteiger partial charge on any atom is -0.317 e. The Bertz CT molecular complexity index is 486. The van der Waals surface area contributed by atoms with Gasteiger partial charge in [0.05, 0.1) is 12.2 Å². The molecule has 0 unspecified atom stereocenters. The Kier molecular flexibility index (Phi) is 4.09. The average molecular weight is 248 g/mol. The lowest BCUT2D eigenvalue weighted by atomic mass is 10.4. The smallest absolute Gasteiger partial charge is 0.146 e. The Labute approximate surface area is 107 Å². The van der Waals surface area contributed by atoms with Crippen LogP contribution >= 0.6 is 0 Å². The van der Waals surface area contributed by atoms with Crippen molar-refractivity contribution in [3.8, 4) is 0 Å². The Hall–Kier alpha value is -1.69. The van der Waals surface area contributed by atoms with Crippen LogP contribution in [0.5, 0.6) is 0 Å². The third-order valence-electron chi connectivity index (χ3n) is 2.90. The first-order valence-electron chi connectivity index (χ1n) is 6.30. The van der Waals surface area contributed by atoms with Crippen LogP contribution in [0.2, 0.25) is 0 Å². The fraction of sp³-hybridized carbons (Fsp3) is 0.583. The number of hydrogen-bond acceptors (Lipinski definition) is 4. The summed E-state index contributed by atoms with van der Waals surface area (Å²) < 4.78 is 4.00. The maximum atomic E-state index is 4.47. The molecule has 2 heterocycles. The van der Waals surface area contributed by atoms with Crippen molar-refractivity contribution in [3.05, 3.63) is 30.1 Å². The zero-order valence-corrected chi connectivity index (χ0v) is 11.2. The number of aryl methyl sites for hydroxylation is 2. The summed E-state index contributed by atoms with van der Waals surface area (Å²) in [4.78, 5) is 2.19. The van der Waals surface area contributed by atoms with Crippen LogP contribution in [0.25, 0.3) is 0 Å². The first-order valence-corrected chi connectivity index (χ1v) is 6.30. The molecular formula is C12H20N6. The zero-order valence-electron chi connectivity index (χ0n) is 11.2. The molecule has 98 valence electrons. The van der Waals surface area contributed by atoms with Crippen molar-refractivity contribution in [1.82, 2.24) is 29.4 Å². The summed E-state index contributed by atoms with van der Waals surface area (Å²) in [5.74, 6) is 0.995. The molecule has 0 aliphatic heterocycles. The maximum absolute atomic E-state index is 4.47. The Balaban J connectivity index is 1.94. The Morgan fingerprint density at radius 2 is 2.06 bits per heavy atom. The predicted octanol–water partition coefficient (Wildman–Crippen LogP) is 1.15. The summed E-state index contributed by atoms with van der Waals surface area (Å²) in [7, 11) is 2.07. The highest BCUT2D eigenvalue weighted by atomic mass is 15.3. The first kappa shape index (κ1) is 12.8. The molecule has 2 rings (SSSR count). The fourth-order valence-corrected chi connectivity index (χ4v) is 1.90. The summed E-state index contributed by atoms with van der Waals surface area (Å²) in [5.41, 5.74) is 1.09. The Morgan fingerprint density at radius 3 is 2.72 bits per heavy atom. The highest BCUT2D eigenvalue weighted by Gasteiger charge is 2.08. The summed E-state index contributed by atoms with van der Waals surface area (Å²) >= 11 is 0. The molecule has 0 spiro atoms. The number of aromatic nitrogens is 5. The van der Waals surface area contributed by atoms with Crippen molar-refractivity contribution < 1.29 is 0 Å². The van der Waals surface area contributed by atoms with Gasteiger partial charge in [-0.05, 0) is 27.0 Å². The highest BCUT2D eigenvalue weighted by Crippen LogP contribution is 2.05. The third-order valence-corrected chi connectivity index (χ3v) is 2.90. The molecule has 0 N–H and O–H groups in total. The van der Waals surface area contributed by atoms with E-state index in [4.69, 9.17) is 0 Å². The van der Waals surface area contributed by atoms with Gasteiger partial charge in [-0.2, -0.15) is 5.10 Å². The fourth-order valence-electron chi connectivity index (χ4n) is 1.90. The average Bonchev–Trinajstić information content (AvgIpc) is 2.97. The van der Waals surface area contributed by atoms with Crippen molar-refractivity contribution in [3.63, 3.8) is 0 Å². The monoisotopic (exact) mass is 248 g/mol. The van der Waals surface area contributed by atoms with E-state index in [-0.39, 0.29) is 0 Å². The van der Waals surface area contributed by atoms with E-state index in [0.29, 0.717) is 0 Å². The third kappa shape index (κ3) is 2.95. The summed E-state index contributed by atoms with van der Waals surface area (Å²) in [6, 6.07) is 2.06. The molecule has 0 fully saturated rings. The van der Waals surface area contributed by atoms with Crippen LogP contribution in [-0.2, 0) is 26.2 Å². The lowest BCUT2D eigenvalue weighted by molar-refractivity contribution is 0.300. The number of hydrogen-bond donors (Lipinski definition) is 0. The second-order valence-electron chi connectivity index (χ2n) is 4.37. The van der Waals surface area contributed by atoms with E-state index >= 15 is 0 Å². The van der Waals surface area contributed by atoms with Gasteiger partial charge in [0, 0.05) is 25.8 Å². The van der Waals surface area contributed by atoms with Crippen LogP contribution in [0.15, 0.2) is 18.6 Å². The van der Waals surface area contributed by atoms with Gasteiger partial charge in [0.2, 0.25) is 0 Å². The van der Waals surface area contributed by atoms with Crippen molar-refractivity contribution in [2.45, 2.75) is 40.0 Å². The van der Waals surface area contributed by atoms with Gasteiger partial charge in [0.1, 0.15) is 12.2 Å². The molecule has 6 heteroatoms. The molecule has 0 aliphatic rings. The maximum Gasteiger partial charge on any atom is 0.146 e. The number of rotatable bonds is 6.